The molecule has 4 atom stereocenters. The van der Waals surface area contributed by atoms with Crippen LogP contribution in [0.25, 0.3) is 6.08 Å². The third kappa shape index (κ3) is 5.83. The summed E-state index contributed by atoms with van der Waals surface area (Å²) >= 11 is 0. The van der Waals surface area contributed by atoms with Crippen molar-refractivity contribution in [2.45, 2.75) is 76.4 Å². The Morgan fingerprint density at radius 3 is 2.50 bits per heavy atom. The van der Waals surface area contributed by atoms with Crippen molar-refractivity contribution in [3.05, 3.63) is 42.1 Å². The summed E-state index contributed by atoms with van der Waals surface area (Å²) in [6, 6.07) is 9.95. The highest BCUT2D eigenvalue weighted by Gasteiger charge is 2.44. The third-order valence-electron chi connectivity index (χ3n) is 8.21. The van der Waals surface area contributed by atoms with Crippen molar-refractivity contribution in [1.82, 2.24) is 20.4 Å². The van der Waals surface area contributed by atoms with E-state index in [0.29, 0.717) is 12.3 Å². The van der Waals surface area contributed by atoms with Crippen LogP contribution in [0.3, 0.4) is 0 Å². The molecule has 3 aliphatic rings. The summed E-state index contributed by atoms with van der Waals surface area (Å²) in [5, 5.41) is 6.29. The van der Waals surface area contributed by atoms with E-state index in [1.807, 2.05) is 20.0 Å². The summed E-state index contributed by atoms with van der Waals surface area (Å²) < 4.78 is 0. The van der Waals surface area contributed by atoms with Gasteiger partial charge >= 0.3 is 0 Å². The van der Waals surface area contributed by atoms with Gasteiger partial charge in [-0.1, -0.05) is 56.5 Å². The highest BCUT2D eigenvalue weighted by atomic mass is 16.2. The van der Waals surface area contributed by atoms with Crippen molar-refractivity contribution in [1.29, 1.82) is 0 Å². The number of likely N-dealkylation sites (N-methyl/N-ethyl adjacent to an activating group) is 1. The zero-order valence-electron chi connectivity index (χ0n) is 20.9. The Morgan fingerprint density at radius 1 is 1.06 bits per heavy atom. The van der Waals surface area contributed by atoms with Gasteiger partial charge in [0.25, 0.3) is 0 Å². The summed E-state index contributed by atoms with van der Waals surface area (Å²) in [5.41, 5.74) is 1.19. The molecule has 0 spiro atoms. The summed E-state index contributed by atoms with van der Waals surface area (Å²) in [6.45, 7) is 4.73. The molecule has 0 aromatic heterocycles. The maximum atomic E-state index is 14.0. The number of piperidine rings is 1. The molecule has 6 nitrogen and oxygen atoms in total. The number of hydrogen-bond acceptors (Lipinski definition) is 4. The number of benzene rings is 1. The van der Waals surface area contributed by atoms with Crippen LogP contribution in [0.5, 0.6) is 0 Å². The van der Waals surface area contributed by atoms with Gasteiger partial charge in [-0.05, 0) is 68.8 Å². The van der Waals surface area contributed by atoms with E-state index in [0.717, 1.165) is 58.2 Å². The highest BCUT2D eigenvalue weighted by molar-refractivity contribution is 5.90. The lowest BCUT2D eigenvalue weighted by atomic mass is 9.83. The van der Waals surface area contributed by atoms with E-state index in [9.17, 15) is 9.59 Å². The van der Waals surface area contributed by atoms with Gasteiger partial charge in [0.15, 0.2) is 0 Å². The summed E-state index contributed by atoms with van der Waals surface area (Å²) in [7, 11) is 1.82. The molecule has 6 heteroatoms. The van der Waals surface area contributed by atoms with Crippen LogP contribution >= 0.6 is 0 Å². The molecular weight excluding hydrogens is 424 g/mol. The Labute approximate surface area is 205 Å². The summed E-state index contributed by atoms with van der Waals surface area (Å²) in [6.07, 6.45) is 12.8. The zero-order chi connectivity index (χ0) is 23.9. The van der Waals surface area contributed by atoms with Crippen LogP contribution in [0, 0.1) is 11.8 Å². The Morgan fingerprint density at radius 2 is 1.79 bits per heavy atom. The Balaban J connectivity index is 1.46. The van der Waals surface area contributed by atoms with Crippen molar-refractivity contribution < 1.29 is 9.59 Å². The second-order valence-electron chi connectivity index (χ2n) is 10.3. The second-order valence-corrected chi connectivity index (χ2v) is 10.3. The maximum Gasteiger partial charge on any atom is 0.245 e. The van der Waals surface area contributed by atoms with Crippen molar-refractivity contribution in [2.75, 3.05) is 26.7 Å². The first-order valence-corrected chi connectivity index (χ1v) is 13.4. The van der Waals surface area contributed by atoms with E-state index >= 15 is 0 Å². The van der Waals surface area contributed by atoms with Crippen molar-refractivity contribution in [3.63, 3.8) is 0 Å². The fraction of sp³-hybridized carbons (Fsp3) is 0.643. The van der Waals surface area contributed by atoms with Gasteiger partial charge in [0.1, 0.15) is 6.04 Å². The monoisotopic (exact) mass is 466 g/mol. The van der Waals surface area contributed by atoms with Crippen LogP contribution < -0.4 is 10.6 Å². The number of nitrogens with zero attached hydrogens (tertiary/aromatic N) is 2. The predicted molar refractivity (Wildman–Crippen MR) is 137 cm³/mol. The van der Waals surface area contributed by atoms with Crippen LogP contribution in [0.4, 0.5) is 0 Å². The maximum absolute atomic E-state index is 14.0. The zero-order valence-corrected chi connectivity index (χ0v) is 20.9. The summed E-state index contributed by atoms with van der Waals surface area (Å²) in [4.78, 5) is 31.4. The molecule has 0 radical (unpaired) electrons. The molecule has 3 fully saturated rings. The van der Waals surface area contributed by atoms with E-state index < -0.39 is 6.04 Å². The molecule has 2 heterocycles. The molecule has 1 aromatic rings. The molecule has 1 saturated carbocycles. The Hall–Kier alpha value is -2.34. The van der Waals surface area contributed by atoms with Crippen molar-refractivity contribution in [3.8, 4) is 0 Å². The lowest BCUT2D eigenvalue weighted by Crippen LogP contribution is -2.58. The number of carbonyl (C=O) groups is 2. The molecule has 1 aromatic carbocycles. The topological polar surface area (TPSA) is 64.7 Å². The van der Waals surface area contributed by atoms with E-state index in [1.54, 1.807) is 0 Å². The van der Waals surface area contributed by atoms with Crippen LogP contribution in [0.2, 0.25) is 0 Å². The minimum Gasteiger partial charge on any atom is -0.375 e. The van der Waals surface area contributed by atoms with Gasteiger partial charge in [0.2, 0.25) is 11.8 Å². The van der Waals surface area contributed by atoms with E-state index in [4.69, 9.17) is 0 Å². The molecule has 1 aliphatic carbocycles. The Bertz CT molecular complexity index is 832. The van der Waals surface area contributed by atoms with Gasteiger partial charge in [-0.3, -0.25) is 9.59 Å². The number of fused-ring (bicyclic) bond motifs is 1. The van der Waals surface area contributed by atoms with Gasteiger partial charge in [-0.15, -0.1) is 0 Å². The first-order valence-electron chi connectivity index (χ1n) is 13.4. The highest BCUT2D eigenvalue weighted by Crippen LogP contribution is 2.34. The molecule has 4 rings (SSSR count). The van der Waals surface area contributed by atoms with E-state index in [-0.39, 0.29) is 29.8 Å². The van der Waals surface area contributed by atoms with Gasteiger partial charge in [-0.25, -0.2) is 0 Å². The fourth-order valence-electron chi connectivity index (χ4n) is 6.13. The van der Waals surface area contributed by atoms with Crippen molar-refractivity contribution in [2.24, 2.45) is 11.8 Å². The molecule has 2 aliphatic heterocycles. The first-order chi connectivity index (χ1) is 16.6. The van der Waals surface area contributed by atoms with Crippen LogP contribution in [0.1, 0.15) is 63.9 Å². The molecular formula is C28H42N4O2. The summed E-state index contributed by atoms with van der Waals surface area (Å²) in [5.74, 6) is 0.915. The minimum absolute atomic E-state index is 0.0410. The minimum atomic E-state index is -0.399. The lowest BCUT2D eigenvalue weighted by molar-refractivity contribution is -0.140. The van der Waals surface area contributed by atoms with E-state index in [2.05, 4.69) is 57.0 Å². The molecule has 2 N–H and O–H groups in total. The van der Waals surface area contributed by atoms with Crippen LogP contribution in [-0.2, 0) is 9.59 Å². The van der Waals surface area contributed by atoms with E-state index in [1.165, 1.54) is 12.0 Å². The first kappa shape index (κ1) is 24.8. The number of hydrogen-bond donors (Lipinski definition) is 2. The lowest BCUT2D eigenvalue weighted by Gasteiger charge is -2.40. The number of amides is 2. The average Bonchev–Trinajstić information content (AvgIpc) is 3.31. The number of carbonyl (C=O) groups excluding carboxylic acids is 2. The molecule has 2 amide bonds. The van der Waals surface area contributed by atoms with Gasteiger partial charge in [-0.2, -0.15) is 0 Å². The second kappa shape index (κ2) is 11.9. The normalized spacial score (nSPS) is 25.2. The van der Waals surface area contributed by atoms with Crippen molar-refractivity contribution >= 4 is 17.9 Å². The largest absolute Gasteiger partial charge is 0.375 e. The predicted octanol–water partition coefficient (Wildman–Crippen LogP) is 3.64. The van der Waals surface area contributed by atoms with Crippen LogP contribution in [-0.4, -0.2) is 66.4 Å². The van der Waals surface area contributed by atoms with Gasteiger partial charge < -0.3 is 20.4 Å². The molecule has 34 heavy (non-hydrogen) atoms. The van der Waals surface area contributed by atoms with Crippen LogP contribution in [0.15, 0.2) is 36.5 Å². The quantitative estimate of drug-likeness (QED) is 0.614. The molecule has 2 unspecified atom stereocenters. The average molecular weight is 467 g/mol. The molecule has 0 bridgehead atoms. The standard InChI is InChI=1S/C28H42N4O2/c1-3-24(29-2)27(33)30-26(23-12-8-5-9-13-23)28(34)32-19-16-22-15-18-31(20-25(22)32)17-14-21-10-6-4-7-11-21/h4,6-7,10-11,14,17,22-26,29H,3,5,8-9,12-13,15-16,18-20H2,1-2H3,(H,30,33)/t22-,24?,25-,26?/m1/s1. The number of likely N-dealkylation sites (tertiary alicyclic amines) is 2. The molecule has 186 valence electrons. The van der Waals surface area contributed by atoms with Gasteiger partial charge in [0, 0.05) is 19.6 Å². The smallest absolute Gasteiger partial charge is 0.245 e. The number of rotatable bonds is 8. The number of nitrogens with one attached hydrogen (secondary N) is 2. The van der Waals surface area contributed by atoms with Gasteiger partial charge in [0.05, 0.1) is 12.1 Å². The fourth-order valence-corrected chi connectivity index (χ4v) is 6.13. The molecule has 2 saturated heterocycles. The SMILES string of the molecule is CCC(NC)C(=O)NC(C(=O)N1CC[C@H]2CCN(C=Cc3ccccc3)C[C@H]21)C1CCCCC1. The third-order valence-corrected chi connectivity index (χ3v) is 8.21. The Kier molecular flexibility index (Phi) is 8.65.